The Morgan fingerprint density at radius 2 is 2.24 bits per heavy atom. The number of nitrogens with zero attached hydrogens (tertiary/aromatic N) is 1. The van der Waals surface area contributed by atoms with Gasteiger partial charge in [0.1, 0.15) is 0 Å². The zero-order valence-corrected chi connectivity index (χ0v) is 13.0. The van der Waals surface area contributed by atoms with E-state index < -0.39 is 0 Å². The van der Waals surface area contributed by atoms with Crippen LogP contribution < -0.4 is 11.3 Å². The molecule has 21 heavy (non-hydrogen) atoms. The first kappa shape index (κ1) is 14.3. The number of benzene rings is 1. The predicted molar refractivity (Wildman–Crippen MR) is 85.4 cm³/mol. The van der Waals surface area contributed by atoms with E-state index in [0.29, 0.717) is 24.2 Å². The predicted octanol–water partition coefficient (Wildman–Crippen LogP) is 1.85. The Bertz CT molecular complexity index is 756. The Hall–Kier alpha value is -1.66. The molecule has 1 aromatic heterocycles. The number of aromatic amines is 1. The van der Waals surface area contributed by atoms with Gasteiger partial charge in [0.25, 0.3) is 5.91 Å². The number of piperidine rings is 1. The largest absolute Gasteiger partial charge is 0.337 e. The number of hydrogen-bond acceptors (Lipinski definition) is 3. The normalized spacial score (nSPS) is 19.0. The van der Waals surface area contributed by atoms with Gasteiger partial charge in [-0.2, -0.15) is 0 Å². The van der Waals surface area contributed by atoms with Crippen LogP contribution in [0.4, 0.5) is 0 Å². The molecule has 1 aliphatic heterocycles. The highest BCUT2D eigenvalue weighted by molar-refractivity contribution is 9.10. The van der Waals surface area contributed by atoms with Crippen molar-refractivity contribution in [3.8, 4) is 0 Å². The van der Waals surface area contributed by atoms with Gasteiger partial charge in [0, 0.05) is 35.1 Å². The second-order valence-electron chi connectivity index (χ2n) is 5.36. The Morgan fingerprint density at radius 3 is 3.00 bits per heavy atom. The third-order valence-electron chi connectivity index (χ3n) is 3.80. The number of hydrogen-bond donors (Lipinski definition) is 2. The summed E-state index contributed by atoms with van der Waals surface area (Å²) in [4.78, 5) is 29.1. The highest BCUT2D eigenvalue weighted by atomic mass is 79.9. The van der Waals surface area contributed by atoms with Gasteiger partial charge >= 0.3 is 0 Å². The summed E-state index contributed by atoms with van der Waals surface area (Å²) in [7, 11) is 0. The highest BCUT2D eigenvalue weighted by Crippen LogP contribution is 2.24. The van der Waals surface area contributed by atoms with Gasteiger partial charge in [-0.3, -0.25) is 9.59 Å². The molecule has 0 bridgehead atoms. The van der Waals surface area contributed by atoms with E-state index >= 15 is 0 Å². The molecule has 0 spiro atoms. The molecular formula is C15H16BrN3O2. The minimum atomic E-state index is -0.279. The maximum atomic E-state index is 12.7. The molecule has 1 amide bonds. The Labute approximate surface area is 130 Å². The lowest BCUT2D eigenvalue weighted by atomic mass is 10.0. The van der Waals surface area contributed by atoms with Gasteiger partial charge in [-0.25, -0.2) is 0 Å². The lowest BCUT2D eigenvalue weighted by Crippen LogP contribution is -2.45. The number of halogens is 1. The zero-order valence-electron chi connectivity index (χ0n) is 11.4. The van der Waals surface area contributed by atoms with E-state index in [1.807, 2.05) is 18.2 Å². The second-order valence-corrected chi connectivity index (χ2v) is 6.22. The van der Waals surface area contributed by atoms with Crippen LogP contribution in [0.1, 0.15) is 23.2 Å². The summed E-state index contributed by atoms with van der Waals surface area (Å²) < 4.78 is 0.766. The van der Waals surface area contributed by atoms with Gasteiger partial charge in [-0.1, -0.05) is 12.1 Å². The van der Waals surface area contributed by atoms with Crippen LogP contribution in [0.5, 0.6) is 0 Å². The third-order valence-corrected chi connectivity index (χ3v) is 4.46. The van der Waals surface area contributed by atoms with Crippen LogP contribution in [-0.4, -0.2) is 34.9 Å². The van der Waals surface area contributed by atoms with Crippen LogP contribution in [-0.2, 0) is 0 Å². The fraction of sp³-hybridized carbons (Fsp3) is 0.333. The van der Waals surface area contributed by atoms with Crippen molar-refractivity contribution >= 4 is 32.7 Å². The number of nitrogens with two attached hydrogens (primary N) is 1. The van der Waals surface area contributed by atoms with Gasteiger partial charge < -0.3 is 15.6 Å². The Kier molecular flexibility index (Phi) is 3.82. The number of fused-ring (bicyclic) bond motifs is 1. The molecule has 6 heteroatoms. The number of amides is 1. The number of likely N-dealkylation sites (tertiary alicyclic amines) is 1. The van der Waals surface area contributed by atoms with E-state index in [1.54, 1.807) is 4.90 Å². The summed E-state index contributed by atoms with van der Waals surface area (Å²) >= 11 is 3.40. The molecule has 1 atom stereocenters. The lowest BCUT2D eigenvalue weighted by molar-refractivity contribution is 0.0710. The minimum absolute atomic E-state index is 0.0164. The van der Waals surface area contributed by atoms with E-state index in [0.717, 1.165) is 22.7 Å². The Morgan fingerprint density at radius 1 is 1.43 bits per heavy atom. The standard InChI is InChI=1S/C15H16BrN3O2/c16-12-5-1-4-10-11(7-13(20)18-14(10)12)15(21)19-6-2-3-9(17)8-19/h1,4-5,7,9H,2-3,6,8,17H2,(H,18,20). The Balaban J connectivity index is 2.09. The van der Waals surface area contributed by atoms with E-state index in [9.17, 15) is 9.59 Å². The molecule has 1 aromatic carbocycles. The SMILES string of the molecule is NC1CCCN(C(=O)c2cc(=O)[nH]c3c(Br)cccc23)C1. The first-order valence-electron chi connectivity index (χ1n) is 6.92. The van der Waals surface area contributed by atoms with E-state index in [1.165, 1.54) is 6.07 Å². The van der Waals surface area contributed by atoms with Crippen LogP contribution in [0.2, 0.25) is 0 Å². The molecule has 0 aliphatic carbocycles. The monoisotopic (exact) mass is 349 g/mol. The number of para-hydroxylation sites is 1. The molecule has 5 nitrogen and oxygen atoms in total. The van der Waals surface area contributed by atoms with Gasteiger partial charge in [0.05, 0.1) is 11.1 Å². The summed E-state index contributed by atoms with van der Waals surface area (Å²) in [5.74, 6) is -0.126. The van der Waals surface area contributed by atoms with Gasteiger partial charge in [-0.05, 0) is 34.8 Å². The summed E-state index contributed by atoms with van der Waals surface area (Å²) in [6, 6.07) is 6.92. The van der Waals surface area contributed by atoms with Crippen molar-refractivity contribution in [3.63, 3.8) is 0 Å². The van der Waals surface area contributed by atoms with Crippen molar-refractivity contribution in [3.05, 3.63) is 44.7 Å². The average Bonchev–Trinajstić information content (AvgIpc) is 2.47. The highest BCUT2D eigenvalue weighted by Gasteiger charge is 2.24. The molecular weight excluding hydrogens is 334 g/mol. The van der Waals surface area contributed by atoms with E-state index in [2.05, 4.69) is 20.9 Å². The third kappa shape index (κ3) is 2.73. The molecule has 2 heterocycles. The van der Waals surface area contributed by atoms with Crippen molar-refractivity contribution in [2.75, 3.05) is 13.1 Å². The van der Waals surface area contributed by atoms with Crippen molar-refractivity contribution < 1.29 is 4.79 Å². The van der Waals surface area contributed by atoms with Gasteiger partial charge in [0.15, 0.2) is 0 Å². The topological polar surface area (TPSA) is 79.2 Å². The average molecular weight is 350 g/mol. The fourth-order valence-electron chi connectivity index (χ4n) is 2.79. The molecule has 110 valence electrons. The number of H-pyrrole nitrogens is 1. The van der Waals surface area contributed by atoms with Crippen LogP contribution in [0.15, 0.2) is 33.5 Å². The van der Waals surface area contributed by atoms with Crippen molar-refractivity contribution in [2.24, 2.45) is 5.73 Å². The molecule has 2 aromatic rings. The quantitative estimate of drug-likeness (QED) is 0.824. The number of pyridine rings is 1. The number of carbonyl (C=O) groups excluding carboxylic acids is 1. The second kappa shape index (κ2) is 5.61. The molecule has 1 fully saturated rings. The van der Waals surface area contributed by atoms with Crippen LogP contribution in [0.25, 0.3) is 10.9 Å². The fourth-order valence-corrected chi connectivity index (χ4v) is 3.25. The van der Waals surface area contributed by atoms with Crippen molar-refractivity contribution in [2.45, 2.75) is 18.9 Å². The van der Waals surface area contributed by atoms with Crippen molar-refractivity contribution in [1.29, 1.82) is 0 Å². The molecule has 0 radical (unpaired) electrons. The molecule has 3 N–H and O–H groups in total. The number of nitrogens with one attached hydrogen (secondary N) is 1. The van der Waals surface area contributed by atoms with Gasteiger partial charge in [0.2, 0.25) is 5.56 Å². The molecule has 1 unspecified atom stereocenters. The van der Waals surface area contributed by atoms with Crippen molar-refractivity contribution in [1.82, 2.24) is 9.88 Å². The van der Waals surface area contributed by atoms with Crippen LogP contribution in [0.3, 0.4) is 0 Å². The number of rotatable bonds is 1. The minimum Gasteiger partial charge on any atom is -0.337 e. The van der Waals surface area contributed by atoms with E-state index in [-0.39, 0.29) is 17.5 Å². The number of aromatic nitrogens is 1. The first-order chi connectivity index (χ1) is 10.1. The summed E-state index contributed by atoms with van der Waals surface area (Å²) in [5, 5.41) is 0.744. The molecule has 3 rings (SSSR count). The first-order valence-corrected chi connectivity index (χ1v) is 7.72. The zero-order chi connectivity index (χ0) is 15.0. The van der Waals surface area contributed by atoms with Gasteiger partial charge in [-0.15, -0.1) is 0 Å². The lowest BCUT2D eigenvalue weighted by Gasteiger charge is -2.31. The maximum Gasteiger partial charge on any atom is 0.254 e. The van der Waals surface area contributed by atoms with Crippen LogP contribution >= 0.6 is 15.9 Å². The molecule has 0 saturated carbocycles. The number of carbonyl (C=O) groups is 1. The summed E-state index contributed by atoms with van der Waals surface area (Å²) in [6.45, 7) is 1.23. The maximum absolute atomic E-state index is 12.7. The summed E-state index contributed by atoms with van der Waals surface area (Å²) in [6.07, 6.45) is 1.84. The molecule has 1 aliphatic rings. The molecule has 1 saturated heterocycles. The smallest absolute Gasteiger partial charge is 0.254 e. The van der Waals surface area contributed by atoms with E-state index in [4.69, 9.17) is 5.73 Å². The van der Waals surface area contributed by atoms with Crippen LogP contribution in [0, 0.1) is 0 Å². The summed E-state index contributed by atoms with van der Waals surface area (Å²) in [5.41, 5.74) is 6.74.